The van der Waals surface area contributed by atoms with Crippen LogP contribution >= 0.6 is 12.4 Å². The number of nitrogens with one attached hydrogen (secondary N) is 2. The van der Waals surface area contributed by atoms with E-state index in [1.807, 2.05) is 43.0 Å². The van der Waals surface area contributed by atoms with Gasteiger partial charge in [-0.2, -0.15) is 0 Å². The van der Waals surface area contributed by atoms with Gasteiger partial charge in [-0.05, 0) is 50.9 Å². The van der Waals surface area contributed by atoms with E-state index in [0.717, 1.165) is 30.6 Å². The Bertz CT molecular complexity index is 525. The summed E-state index contributed by atoms with van der Waals surface area (Å²) in [5.41, 5.74) is 1.85. The number of anilines is 1. The first kappa shape index (κ1) is 19.5. The zero-order valence-electron chi connectivity index (χ0n) is 14.0. The van der Waals surface area contributed by atoms with Crippen molar-refractivity contribution in [3.8, 4) is 0 Å². The molecule has 1 aliphatic rings. The van der Waals surface area contributed by atoms with E-state index in [9.17, 15) is 9.59 Å². The van der Waals surface area contributed by atoms with Gasteiger partial charge in [0, 0.05) is 25.2 Å². The molecule has 1 saturated heterocycles. The predicted octanol–water partition coefficient (Wildman–Crippen LogP) is 2.56. The molecule has 1 unspecified atom stereocenters. The van der Waals surface area contributed by atoms with Crippen LogP contribution in [0.2, 0.25) is 0 Å². The highest BCUT2D eigenvalue weighted by Gasteiger charge is 2.21. The molecule has 0 spiro atoms. The van der Waals surface area contributed by atoms with E-state index in [4.69, 9.17) is 0 Å². The lowest BCUT2D eigenvalue weighted by molar-refractivity contribution is -0.131. The molecule has 128 valence electrons. The minimum atomic E-state index is -0.0752. The summed E-state index contributed by atoms with van der Waals surface area (Å²) in [7, 11) is 0. The Hall–Kier alpha value is -1.59. The van der Waals surface area contributed by atoms with Crippen molar-refractivity contribution in [2.24, 2.45) is 0 Å². The Morgan fingerprint density at radius 1 is 1.30 bits per heavy atom. The van der Waals surface area contributed by atoms with Crippen LogP contribution in [0.5, 0.6) is 0 Å². The fourth-order valence-electron chi connectivity index (χ4n) is 2.69. The molecule has 6 heteroatoms. The molecule has 23 heavy (non-hydrogen) atoms. The van der Waals surface area contributed by atoms with Crippen LogP contribution in [-0.2, 0) is 16.1 Å². The minimum Gasteiger partial charge on any atom is -0.336 e. The largest absolute Gasteiger partial charge is 0.336 e. The Balaban J connectivity index is 0.00000264. The molecule has 2 amide bonds. The van der Waals surface area contributed by atoms with Gasteiger partial charge in [0.25, 0.3) is 0 Å². The molecule has 0 radical (unpaired) electrons. The van der Waals surface area contributed by atoms with Gasteiger partial charge in [0.15, 0.2) is 0 Å². The smallest absolute Gasteiger partial charge is 0.241 e. The van der Waals surface area contributed by atoms with Gasteiger partial charge in [0.2, 0.25) is 11.8 Å². The average Bonchev–Trinajstić information content (AvgIpc) is 3.00. The first-order valence-corrected chi connectivity index (χ1v) is 7.88. The molecule has 1 atom stereocenters. The number of hydrogen-bond donors (Lipinski definition) is 2. The molecule has 1 aromatic carbocycles. The van der Waals surface area contributed by atoms with Crippen molar-refractivity contribution in [3.05, 3.63) is 29.8 Å². The quantitative estimate of drug-likeness (QED) is 0.866. The highest BCUT2D eigenvalue weighted by molar-refractivity contribution is 5.95. The van der Waals surface area contributed by atoms with Crippen molar-refractivity contribution in [2.75, 3.05) is 11.9 Å². The zero-order valence-corrected chi connectivity index (χ0v) is 14.8. The number of carbonyl (C=O) groups excluding carboxylic acids is 2. The second kappa shape index (κ2) is 8.89. The number of benzene rings is 1. The Morgan fingerprint density at radius 3 is 2.43 bits per heavy atom. The van der Waals surface area contributed by atoms with Crippen molar-refractivity contribution < 1.29 is 9.59 Å². The molecule has 1 aromatic rings. The highest BCUT2D eigenvalue weighted by Crippen LogP contribution is 2.15. The van der Waals surface area contributed by atoms with Gasteiger partial charge in [-0.25, -0.2) is 0 Å². The predicted molar refractivity (Wildman–Crippen MR) is 94.7 cm³/mol. The standard InChI is InChI=1S/C17H25N3O2.ClH/c1-12(2)20(13(3)21)11-14-6-8-15(9-7-14)19-17(22)16-5-4-10-18-16;/h6-9,12,16,18H,4-5,10-11H2,1-3H3,(H,19,22);1H. The van der Waals surface area contributed by atoms with Crippen molar-refractivity contribution in [3.63, 3.8) is 0 Å². The maximum absolute atomic E-state index is 12.0. The van der Waals surface area contributed by atoms with Crippen LogP contribution in [0.15, 0.2) is 24.3 Å². The van der Waals surface area contributed by atoms with Crippen LogP contribution in [0.3, 0.4) is 0 Å². The second-order valence-electron chi connectivity index (χ2n) is 6.08. The number of carbonyl (C=O) groups is 2. The van der Waals surface area contributed by atoms with E-state index in [2.05, 4.69) is 10.6 Å². The summed E-state index contributed by atoms with van der Waals surface area (Å²) < 4.78 is 0. The SMILES string of the molecule is CC(=O)N(Cc1ccc(NC(=O)C2CCCN2)cc1)C(C)C.Cl. The number of rotatable bonds is 5. The summed E-state index contributed by atoms with van der Waals surface area (Å²) >= 11 is 0. The normalized spacial score (nSPS) is 16.8. The van der Waals surface area contributed by atoms with Crippen LogP contribution in [0.1, 0.15) is 39.2 Å². The lowest BCUT2D eigenvalue weighted by atomic mass is 10.1. The van der Waals surface area contributed by atoms with Gasteiger partial charge in [-0.3, -0.25) is 9.59 Å². The van der Waals surface area contributed by atoms with Gasteiger partial charge in [0.1, 0.15) is 0 Å². The van der Waals surface area contributed by atoms with Gasteiger partial charge >= 0.3 is 0 Å². The van der Waals surface area contributed by atoms with Crippen LogP contribution in [0.4, 0.5) is 5.69 Å². The van der Waals surface area contributed by atoms with Crippen LogP contribution in [0.25, 0.3) is 0 Å². The van der Waals surface area contributed by atoms with E-state index in [1.54, 1.807) is 6.92 Å². The van der Waals surface area contributed by atoms with E-state index in [0.29, 0.717) is 6.54 Å². The maximum atomic E-state index is 12.0. The van der Waals surface area contributed by atoms with Gasteiger partial charge in [-0.15, -0.1) is 12.4 Å². The lowest BCUT2D eigenvalue weighted by Crippen LogP contribution is -2.35. The van der Waals surface area contributed by atoms with Crippen LogP contribution in [0, 0.1) is 0 Å². The lowest BCUT2D eigenvalue weighted by Gasteiger charge is -2.25. The molecule has 2 N–H and O–H groups in total. The Kier molecular flexibility index (Phi) is 7.52. The number of amides is 2. The molecule has 2 rings (SSSR count). The molecule has 0 bridgehead atoms. The van der Waals surface area contributed by atoms with Crippen molar-refractivity contribution in [2.45, 2.75) is 52.2 Å². The molecule has 1 fully saturated rings. The molecule has 1 heterocycles. The third-order valence-corrected chi connectivity index (χ3v) is 3.98. The fourth-order valence-corrected chi connectivity index (χ4v) is 2.69. The third-order valence-electron chi connectivity index (χ3n) is 3.98. The van der Waals surface area contributed by atoms with Crippen LogP contribution < -0.4 is 10.6 Å². The number of halogens is 1. The highest BCUT2D eigenvalue weighted by atomic mass is 35.5. The van der Waals surface area contributed by atoms with Crippen molar-refractivity contribution in [1.29, 1.82) is 0 Å². The zero-order chi connectivity index (χ0) is 16.1. The molecule has 0 aliphatic carbocycles. The third kappa shape index (κ3) is 5.52. The first-order valence-electron chi connectivity index (χ1n) is 7.88. The van der Waals surface area contributed by atoms with Crippen LogP contribution in [-0.4, -0.2) is 35.3 Å². The molecular weight excluding hydrogens is 314 g/mol. The summed E-state index contributed by atoms with van der Waals surface area (Å²) in [6, 6.07) is 7.78. The number of nitrogens with zero attached hydrogens (tertiary/aromatic N) is 1. The van der Waals surface area contributed by atoms with Gasteiger partial charge in [0.05, 0.1) is 6.04 Å². The topological polar surface area (TPSA) is 61.4 Å². The maximum Gasteiger partial charge on any atom is 0.241 e. The molecule has 1 aliphatic heterocycles. The van der Waals surface area contributed by atoms with E-state index >= 15 is 0 Å². The average molecular weight is 340 g/mol. The second-order valence-corrected chi connectivity index (χ2v) is 6.08. The molecule has 0 saturated carbocycles. The fraction of sp³-hybridized carbons (Fsp3) is 0.529. The van der Waals surface area contributed by atoms with Crippen molar-refractivity contribution in [1.82, 2.24) is 10.2 Å². The Labute approximate surface area is 144 Å². The van der Waals surface area contributed by atoms with E-state index < -0.39 is 0 Å². The summed E-state index contributed by atoms with van der Waals surface area (Å²) in [6.45, 7) is 7.09. The van der Waals surface area contributed by atoms with E-state index in [-0.39, 0.29) is 36.3 Å². The van der Waals surface area contributed by atoms with Gasteiger partial charge < -0.3 is 15.5 Å². The molecule has 0 aromatic heterocycles. The monoisotopic (exact) mass is 339 g/mol. The molecule has 5 nitrogen and oxygen atoms in total. The Morgan fingerprint density at radius 2 is 1.96 bits per heavy atom. The summed E-state index contributed by atoms with van der Waals surface area (Å²) in [5, 5.41) is 6.11. The van der Waals surface area contributed by atoms with Gasteiger partial charge in [-0.1, -0.05) is 12.1 Å². The van der Waals surface area contributed by atoms with Crippen molar-refractivity contribution >= 4 is 29.9 Å². The number of hydrogen-bond acceptors (Lipinski definition) is 3. The summed E-state index contributed by atoms with van der Waals surface area (Å²) in [6.07, 6.45) is 1.94. The van der Waals surface area contributed by atoms with E-state index in [1.165, 1.54) is 0 Å². The molecular formula is C17H26ClN3O2. The first-order chi connectivity index (χ1) is 10.5. The minimum absolute atomic E-state index is 0. The summed E-state index contributed by atoms with van der Waals surface area (Å²) in [5.74, 6) is 0.0949. The summed E-state index contributed by atoms with van der Waals surface area (Å²) in [4.78, 5) is 25.5.